The van der Waals surface area contributed by atoms with Crippen LogP contribution in [0.2, 0.25) is 0 Å². The Hall–Kier alpha value is -1.60. The second-order valence-corrected chi connectivity index (χ2v) is 12.7. The third-order valence-electron chi connectivity index (χ3n) is 10.9. The van der Waals surface area contributed by atoms with Crippen molar-refractivity contribution in [2.75, 3.05) is 20.7 Å². The average molecular weight is 482 g/mol. The summed E-state index contributed by atoms with van der Waals surface area (Å²) in [5.74, 6) is 0.917. The number of benzene rings is 1. The molecule has 7 atom stereocenters. The topological polar surface area (TPSA) is 62.2 Å². The van der Waals surface area contributed by atoms with E-state index in [2.05, 4.69) is 34.8 Å². The van der Waals surface area contributed by atoms with Crippen molar-refractivity contribution in [3.63, 3.8) is 0 Å². The quantitative estimate of drug-likeness (QED) is 0.668. The fourth-order valence-corrected chi connectivity index (χ4v) is 10.1. The van der Waals surface area contributed by atoms with Crippen molar-refractivity contribution < 1.29 is 19.7 Å². The fourth-order valence-electron chi connectivity index (χ4n) is 9.42. The molecule has 2 aliphatic heterocycles. The van der Waals surface area contributed by atoms with E-state index in [0.29, 0.717) is 18.2 Å². The van der Waals surface area contributed by atoms with Crippen LogP contribution in [-0.2, 0) is 23.0 Å². The van der Waals surface area contributed by atoms with Gasteiger partial charge in [0, 0.05) is 35.5 Å². The molecule has 0 amide bonds. The zero-order valence-corrected chi connectivity index (χ0v) is 21.2. The molecule has 0 radical (unpaired) electrons. The molecule has 8 rings (SSSR count). The van der Waals surface area contributed by atoms with Gasteiger partial charge >= 0.3 is 0 Å². The van der Waals surface area contributed by atoms with Crippen LogP contribution in [-0.4, -0.2) is 59.2 Å². The molecule has 3 heterocycles. The summed E-state index contributed by atoms with van der Waals surface area (Å²) in [7, 11) is 4.10. The van der Waals surface area contributed by atoms with Crippen LogP contribution in [0.15, 0.2) is 29.0 Å². The normalized spacial score (nSPS) is 41.1. The highest BCUT2D eigenvalue weighted by atomic mass is 32.1. The minimum absolute atomic E-state index is 0.0219. The van der Waals surface area contributed by atoms with E-state index < -0.39 is 11.2 Å². The van der Waals surface area contributed by atoms with Crippen LogP contribution in [0.5, 0.6) is 11.5 Å². The molecule has 6 aliphatic rings. The van der Waals surface area contributed by atoms with Crippen molar-refractivity contribution in [1.29, 1.82) is 0 Å². The first kappa shape index (κ1) is 21.7. The smallest absolute Gasteiger partial charge is 0.165 e. The number of fused-ring (bicyclic) bond motifs is 2. The third-order valence-corrected chi connectivity index (χ3v) is 11.6. The molecule has 34 heavy (non-hydrogen) atoms. The standard InChI is InChI=1S/C28H35NO4S/c1-25(31,8-6-17-7-13-34-16-17)20-15-26-9-10-28(20,32-3)24-27(26)11-12-29(2)21(26)14-18-4-5-19(30)23(33-24)22(18)27/h4-5,7,13,16,20-21,24,30-31H,6,8-12,14-15H2,1-3H3/t20-,21-,24-,25+,26-,27+,28-/m1/s1. The number of phenols is 1. The SMILES string of the molecule is CO[C@]12CC[C@@]3(C[C@@H]1[C@@](C)(O)CCc1ccsc1)[C@H]1Cc4ccc(O)c5c4[C@@]3(CCN1C)[C@H]2O5. The number of nitrogens with zero attached hydrogens (tertiary/aromatic N) is 1. The van der Waals surface area contributed by atoms with Crippen LogP contribution in [0, 0.1) is 11.3 Å². The van der Waals surface area contributed by atoms with Crippen LogP contribution >= 0.6 is 11.3 Å². The average Bonchev–Trinajstić information content (AvgIpc) is 3.48. The van der Waals surface area contributed by atoms with Crippen LogP contribution in [0.4, 0.5) is 0 Å². The van der Waals surface area contributed by atoms with Gasteiger partial charge in [-0.1, -0.05) is 6.07 Å². The van der Waals surface area contributed by atoms with Gasteiger partial charge < -0.3 is 24.6 Å². The maximum Gasteiger partial charge on any atom is 0.165 e. The Balaban J connectivity index is 1.39. The predicted molar refractivity (Wildman–Crippen MR) is 132 cm³/mol. The molecular formula is C28H35NO4S. The van der Waals surface area contributed by atoms with Gasteiger partial charge in [-0.25, -0.2) is 0 Å². The van der Waals surface area contributed by atoms with E-state index >= 15 is 0 Å². The second-order valence-electron chi connectivity index (χ2n) is 11.9. The summed E-state index contributed by atoms with van der Waals surface area (Å²) in [4.78, 5) is 2.57. The number of aliphatic hydroxyl groups is 1. The molecular weight excluding hydrogens is 446 g/mol. The van der Waals surface area contributed by atoms with Gasteiger partial charge in [0.2, 0.25) is 0 Å². The summed E-state index contributed by atoms with van der Waals surface area (Å²) >= 11 is 1.71. The Bertz CT molecular complexity index is 1150. The summed E-state index contributed by atoms with van der Waals surface area (Å²) < 4.78 is 13.4. The Kier molecular flexibility index (Phi) is 4.32. The monoisotopic (exact) mass is 481 g/mol. The lowest BCUT2D eigenvalue weighted by atomic mass is 9.33. The van der Waals surface area contributed by atoms with Crippen LogP contribution in [0.1, 0.15) is 55.7 Å². The Labute approximate surface area is 205 Å². The maximum absolute atomic E-state index is 12.1. The number of likely N-dealkylation sites (tertiary alicyclic amines) is 1. The number of likely N-dealkylation sites (N-methyl/N-ethyl adjacent to an activating group) is 1. The van der Waals surface area contributed by atoms with E-state index in [4.69, 9.17) is 9.47 Å². The first-order valence-electron chi connectivity index (χ1n) is 12.8. The number of methoxy groups -OCH3 is 1. The zero-order valence-electron chi connectivity index (χ0n) is 20.3. The van der Waals surface area contributed by atoms with Gasteiger partial charge in [0.1, 0.15) is 11.7 Å². The van der Waals surface area contributed by atoms with Gasteiger partial charge in [0.05, 0.1) is 5.60 Å². The number of piperidine rings is 1. The summed E-state index contributed by atoms with van der Waals surface area (Å²) in [6.45, 7) is 3.06. The van der Waals surface area contributed by atoms with Crippen molar-refractivity contribution in [3.05, 3.63) is 45.6 Å². The van der Waals surface area contributed by atoms with E-state index in [1.54, 1.807) is 11.3 Å². The van der Waals surface area contributed by atoms with Gasteiger partial charge in [-0.15, -0.1) is 0 Å². The molecule has 0 unspecified atom stereocenters. The third kappa shape index (κ3) is 2.32. The highest BCUT2D eigenvalue weighted by Crippen LogP contribution is 2.77. The summed E-state index contributed by atoms with van der Waals surface area (Å²) in [5.41, 5.74) is 2.31. The molecule has 1 aromatic carbocycles. The van der Waals surface area contributed by atoms with Crippen molar-refractivity contribution in [2.45, 2.75) is 80.6 Å². The number of hydrogen-bond acceptors (Lipinski definition) is 6. The van der Waals surface area contributed by atoms with Crippen LogP contribution in [0.25, 0.3) is 0 Å². The molecule has 3 saturated carbocycles. The van der Waals surface area contributed by atoms with Gasteiger partial charge in [0.25, 0.3) is 0 Å². The molecule has 4 aliphatic carbocycles. The highest BCUT2D eigenvalue weighted by molar-refractivity contribution is 7.07. The number of ether oxygens (including phenoxy) is 2. The van der Waals surface area contributed by atoms with Crippen LogP contribution in [0.3, 0.4) is 0 Å². The molecule has 2 aromatic rings. The predicted octanol–water partition coefficient (Wildman–Crippen LogP) is 4.28. The summed E-state index contributed by atoms with van der Waals surface area (Å²) in [6, 6.07) is 6.51. The summed E-state index contributed by atoms with van der Waals surface area (Å²) in [5, 5.41) is 27.3. The second kappa shape index (κ2) is 6.78. The molecule has 5 nitrogen and oxygen atoms in total. The van der Waals surface area contributed by atoms with E-state index in [0.717, 1.165) is 45.1 Å². The van der Waals surface area contributed by atoms with Crippen LogP contribution < -0.4 is 4.74 Å². The number of hydrogen-bond donors (Lipinski definition) is 2. The van der Waals surface area contributed by atoms with Gasteiger partial charge in [-0.3, -0.25) is 0 Å². The first-order chi connectivity index (χ1) is 16.3. The molecule has 6 heteroatoms. The molecule has 4 bridgehead atoms. The Morgan fingerprint density at radius 2 is 2.12 bits per heavy atom. The van der Waals surface area contributed by atoms with Crippen molar-refractivity contribution in [1.82, 2.24) is 4.90 Å². The lowest BCUT2D eigenvalue weighted by Gasteiger charge is -2.74. The lowest BCUT2D eigenvalue weighted by molar-refractivity contribution is -0.301. The molecule has 182 valence electrons. The largest absolute Gasteiger partial charge is 0.504 e. The van der Waals surface area contributed by atoms with E-state index in [-0.39, 0.29) is 28.6 Å². The number of aryl methyl sites for hydroxylation is 1. The number of phenolic OH excluding ortho intramolecular Hbond substituents is 1. The van der Waals surface area contributed by atoms with Crippen molar-refractivity contribution in [3.8, 4) is 11.5 Å². The van der Waals surface area contributed by atoms with E-state index in [1.165, 1.54) is 16.7 Å². The van der Waals surface area contributed by atoms with Gasteiger partial charge in [-0.05, 0) is 99.5 Å². The number of aromatic hydroxyl groups is 1. The molecule has 1 saturated heterocycles. The number of thiophene rings is 1. The minimum Gasteiger partial charge on any atom is -0.504 e. The minimum atomic E-state index is -0.875. The lowest BCUT2D eigenvalue weighted by Crippen LogP contribution is -2.82. The molecule has 2 spiro atoms. The molecule has 1 aromatic heterocycles. The van der Waals surface area contributed by atoms with Gasteiger partial charge in [-0.2, -0.15) is 11.3 Å². The Morgan fingerprint density at radius 1 is 1.26 bits per heavy atom. The Morgan fingerprint density at radius 3 is 2.88 bits per heavy atom. The van der Waals surface area contributed by atoms with E-state index in [9.17, 15) is 10.2 Å². The fraction of sp³-hybridized carbons (Fsp3) is 0.643. The highest BCUT2D eigenvalue weighted by Gasteiger charge is 2.81. The maximum atomic E-state index is 12.1. The van der Waals surface area contributed by atoms with Gasteiger partial charge in [0.15, 0.2) is 11.5 Å². The van der Waals surface area contributed by atoms with Crippen molar-refractivity contribution >= 4 is 11.3 Å². The van der Waals surface area contributed by atoms with E-state index in [1.807, 2.05) is 20.1 Å². The molecule has 4 fully saturated rings. The number of rotatable bonds is 5. The first-order valence-corrected chi connectivity index (χ1v) is 13.7. The van der Waals surface area contributed by atoms with Crippen molar-refractivity contribution in [2.24, 2.45) is 11.3 Å². The summed E-state index contributed by atoms with van der Waals surface area (Å²) in [6.07, 6.45) is 6.32. The zero-order chi connectivity index (χ0) is 23.5. The molecule has 2 N–H and O–H groups in total.